The molecule has 1 spiro atoms. The summed E-state index contributed by atoms with van der Waals surface area (Å²) in [7, 11) is 4.19. The number of aromatic nitrogens is 2. The van der Waals surface area contributed by atoms with Crippen LogP contribution in [0.5, 0.6) is 0 Å². The first-order valence-electron chi connectivity index (χ1n) is 9.58. The molecule has 2 aliphatic heterocycles. The number of furan rings is 1. The average molecular weight is 358 g/mol. The Hall–Kier alpha value is -1.63. The van der Waals surface area contributed by atoms with Gasteiger partial charge in [-0.3, -0.25) is 14.5 Å². The fourth-order valence-electron chi connectivity index (χ4n) is 4.41. The first-order chi connectivity index (χ1) is 12.5. The van der Waals surface area contributed by atoms with Crippen LogP contribution in [0.15, 0.2) is 28.9 Å². The Morgan fingerprint density at radius 2 is 2.23 bits per heavy atom. The van der Waals surface area contributed by atoms with Gasteiger partial charge in [-0.15, -0.1) is 0 Å². The molecule has 2 fully saturated rings. The summed E-state index contributed by atoms with van der Waals surface area (Å²) in [5.41, 5.74) is 2.47. The van der Waals surface area contributed by atoms with Gasteiger partial charge in [0.2, 0.25) is 0 Å². The topological polar surface area (TPSA) is 46.7 Å². The molecule has 0 aromatic carbocycles. The minimum absolute atomic E-state index is 0.101. The summed E-state index contributed by atoms with van der Waals surface area (Å²) in [6.07, 6.45) is 4.17. The number of likely N-dealkylation sites (tertiary alicyclic amines) is 1. The highest BCUT2D eigenvalue weighted by Gasteiger charge is 2.46. The molecular weight excluding hydrogens is 328 g/mol. The van der Waals surface area contributed by atoms with E-state index in [2.05, 4.69) is 28.0 Å². The molecule has 2 aliphatic rings. The zero-order valence-electron chi connectivity index (χ0n) is 16.1. The second-order valence-electron chi connectivity index (χ2n) is 8.22. The highest BCUT2D eigenvalue weighted by molar-refractivity contribution is 5.10. The van der Waals surface area contributed by atoms with Crippen LogP contribution in [0.1, 0.15) is 30.0 Å². The van der Waals surface area contributed by atoms with Gasteiger partial charge in [-0.05, 0) is 50.9 Å². The molecule has 0 N–H and O–H groups in total. The van der Waals surface area contributed by atoms with Crippen LogP contribution in [0.2, 0.25) is 0 Å². The normalized spacial score (nSPS) is 22.8. The van der Waals surface area contributed by atoms with Crippen molar-refractivity contribution in [1.29, 1.82) is 0 Å². The third-order valence-electron chi connectivity index (χ3n) is 5.72. The first-order valence-corrected chi connectivity index (χ1v) is 9.58. The highest BCUT2D eigenvalue weighted by Crippen LogP contribution is 2.36. The van der Waals surface area contributed by atoms with E-state index < -0.39 is 0 Å². The monoisotopic (exact) mass is 358 g/mol. The van der Waals surface area contributed by atoms with Crippen LogP contribution < -0.4 is 0 Å². The molecule has 142 valence electrons. The summed E-state index contributed by atoms with van der Waals surface area (Å²) in [4.78, 5) is 4.81. The third kappa shape index (κ3) is 3.87. The number of nitrogens with zero attached hydrogens (tertiary/aromatic N) is 4. The fourth-order valence-corrected chi connectivity index (χ4v) is 4.41. The van der Waals surface area contributed by atoms with Crippen molar-refractivity contribution in [2.24, 2.45) is 13.0 Å². The van der Waals surface area contributed by atoms with E-state index in [4.69, 9.17) is 9.15 Å². The molecule has 4 rings (SSSR count). The zero-order chi connectivity index (χ0) is 18.1. The van der Waals surface area contributed by atoms with Gasteiger partial charge in [0.1, 0.15) is 5.76 Å². The molecule has 0 radical (unpaired) electrons. The Labute approximate surface area is 155 Å². The standard InChI is InChI=1S/C20H30N4O2/c1-16-9-18(23(3)21-16)11-24-14-20(15-24)7-6-17(13-26-20)10-22(2)12-19-5-4-8-25-19/h4-5,8-9,17H,6-7,10-15H2,1-3H3. The van der Waals surface area contributed by atoms with Crippen molar-refractivity contribution in [2.75, 3.05) is 33.3 Å². The van der Waals surface area contributed by atoms with E-state index in [-0.39, 0.29) is 5.60 Å². The second kappa shape index (κ2) is 7.18. The molecule has 26 heavy (non-hydrogen) atoms. The molecule has 6 heteroatoms. The van der Waals surface area contributed by atoms with Crippen molar-refractivity contribution in [2.45, 2.75) is 38.5 Å². The van der Waals surface area contributed by atoms with Gasteiger partial charge in [-0.2, -0.15) is 5.10 Å². The van der Waals surface area contributed by atoms with Crippen LogP contribution in [0.3, 0.4) is 0 Å². The Morgan fingerprint density at radius 3 is 2.85 bits per heavy atom. The molecule has 2 saturated heterocycles. The molecular formula is C20H30N4O2. The molecule has 6 nitrogen and oxygen atoms in total. The van der Waals surface area contributed by atoms with E-state index in [1.54, 1.807) is 6.26 Å². The molecule has 1 atom stereocenters. The average Bonchev–Trinajstić information content (AvgIpc) is 3.17. The van der Waals surface area contributed by atoms with Crippen LogP contribution in [-0.4, -0.2) is 58.5 Å². The van der Waals surface area contributed by atoms with Crippen LogP contribution in [0.25, 0.3) is 0 Å². The van der Waals surface area contributed by atoms with E-state index in [9.17, 15) is 0 Å². The van der Waals surface area contributed by atoms with Crippen molar-refractivity contribution < 1.29 is 9.15 Å². The highest BCUT2D eigenvalue weighted by atomic mass is 16.5. The van der Waals surface area contributed by atoms with Crippen molar-refractivity contribution in [3.05, 3.63) is 41.6 Å². The maximum atomic E-state index is 6.34. The zero-order valence-corrected chi connectivity index (χ0v) is 16.1. The second-order valence-corrected chi connectivity index (χ2v) is 8.22. The molecule has 2 aromatic heterocycles. The minimum atomic E-state index is 0.101. The van der Waals surface area contributed by atoms with Crippen molar-refractivity contribution in [1.82, 2.24) is 19.6 Å². The van der Waals surface area contributed by atoms with Crippen LogP contribution in [0, 0.1) is 12.8 Å². The van der Waals surface area contributed by atoms with E-state index in [0.717, 1.165) is 50.8 Å². The fraction of sp³-hybridized carbons (Fsp3) is 0.650. The van der Waals surface area contributed by atoms with Crippen molar-refractivity contribution in [3.8, 4) is 0 Å². The molecule has 4 heterocycles. The smallest absolute Gasteiger partial charge is 0.117 e. The first kappa shape index (κ1) is 17.8. The van der Waals surface area contributed by atoms with E-state index >= 15 is 0 Å². The van der Waals surface area contributed by atoms with Crippen LogP contribution in [-0.2, 0) is 24.9 Å². The molecule has 1 unspecified atom stereocenters. The lowest BCUT2D eigenvalue weighted by Crippen LogP contribution is -2.64. The van der Waals surface area contributed by atoms with Gasteiger partial charge in [-0.25, -0.2) is 0 Å². The van der Waals surface area contributed by atoms with E-state index in [0.29, 0.717) is 5.92 Å². The van der Waals surface area contributed by atoms with Gasteiger partial charge >= 0.3 is 0 Å². The third-order valence-corrected chi connectivity index (χ3v) is 5.72. The van der Waals surface area contributed by atoms with Crippen LogP contribution in [0.4, 0.5) is 0 Å². The SMILES string of the molecule is Cc1cc(CN2CC3(CCC(CN(C)Cc4ccco4)CO3)C2)n(C)n1. The van der Waals surface area contributed by atoms with Gasteiger partial charge in [-0.1, -0.05) is 0 Å². The maximum absolute atomic E-state index is 6.34. The van der Waals surface area contributed by atoms with Gasteiger partial charge in [0, 0.05) is 33.2 Å². The van der Waals surface area contributed by atoms with Gasteiger partial charge < -0.3 is 9.15 Å². The Morgan fingerprint density at radius 1 is 1.38 bits per heavy atom. The Kier molecular flexibility index (Phi) is 4.90. The summed E-state index contributed by atoms with van der Waals surface area (Å²) < 4.78 is 13.8. The summed E-state index contributed by atoms with van der Waals surface area (Å²) in [5, 5.41) is 4.44. The lowest BCUT2D eigenvalue weighted by atomic mass is 9.82. The lowest BCUT2D eigenvalue weighted by molar-refractivity contribution is -0.183. The van der Waals surface area contributed by atoms with Gasteiger partial charge in [0.25, 0.3) is 0 Å². The largest absolute Gasteiger partial charge is 0.468 e. The Bertz CT molecular complexity index is 708. The molecule has 0 bridgehead atoms. The van der Waals surface area contributed by atoms with E-state index in [1.165, 1.54) is 18.5 Å². The predicted molar refractivity (Wildman–Crippen MR) is 99.7 cm³/mol. The minimum Gasteiger partial charge on any atom is -0.468 e. The molecule has 2 aromatic rings. The quantitative estimate of drug-likeness (QED) is 0.794. The molecule has 0 saturated carbocycles. The van der Waals surface area contributed by atoms with E-state index in [1.807, 2.05) is 30.8 Å². The number of hydrogen-bond donors (Lipinski definition) is 0. The maximum Gasteiger partial charge on any atom is 0.117 e. The Balaban J connectivity index is 1.20. The number of aryl methyl sites for hydroxylation is 2. The summed E-state index contributed by atoms with van der Waals surface area (Å²) in [6.45, 7) is 7.92. The molecule has 0 amide bonds. The summed E-state index contributed by atoms with van der Waals surface area (Å²) in [6, 6.07) is 6.17. The summed E-state index contributed by atoms with van der Waals surface area (Å²) in [5.74, 6) is 1.65. The van der Waals surface area contributed by atoms with Crippen LogP contribution >= 0.6 is 0 Å². The number of ether oxygens (including phenoxy) is 1. The summed E-state index contributed by atoms with van der Waals surface area (Å²) >= 11 is 0. The van der Waals surface area contributed by atoms with Crippen molar-refractivity contribution >= 4 is 0 Å². The number of hydrogen-bond acceptors (Lipinski definition) is 5. The van der Waals surface area contributed by atoms with Gasteiger partial charge in [0.15, 0.2) is 0 Å². The van der Waals surface area contributed by atoms with Gasteiger partial charge in [0.05, 0.1) is 36.4 Å². The van der Waals surface area contributed by atoms with Crippen molar-refractivity contribution in [3.63, 3.8) is 0 Å². The lowest BCUT2D eigenvalue weighted by Gasteiger charge is -2.53. The predicted octanol–water partition coefficient (Wildman–Crippen LogP) is 2.43. The molecule has 0 aliphatic carbocycles. The number of rotatable bonds is 6.